The van der Waals surface area contributed by atoms with Crippen LogP contribution in [0.1, 0.15) is 6.92 Å². The lowest BCUT2D eigenvalue weighted by molar-refractivity contribution is -0.420. The van der Waals surface area contributed by atoms with Crippen molar-refractivity contribution >= 4 is 17.1 Å². The Hall–Kier alpha value is -2.86. The van der Waals surface area contributed by atoms with Crippen LogP contribution in [0.2, 0.25) is 0 Å². The Labute approximate surface area is 111 Å². The van der Waals surface area contributed by atoms with Crippen LogP contribution in [0.3, 0.4) is 0 Å². The van der Waals surface area contributed by atoms with Crippen LogP contribution < -0.4 is 10.8 Å². The lowest BCUT2D eigenvalue weighted by Gasteiger charge is -2.06. The summed E-state index contributed by atoms with van der Waals surface area (Å²) in [5, 5.41) is 42.1. The van der Waals surface area contributed by atoms with Gasteiger partial charge in [-0.3, -0.25) is 30.3 Å². The van der Waals surface area contributed by atoms with E-state index in [2.05, 4.69) is 5.73 Å². The predicted octanol–water partition coefficient (Wildman–Crippen LogP) is -1.09. The Morgan fingerprint density at radius 3 is 1.50 bits per heavy atom. The van der Waals surface area contributed by atoms with Crippen LogP contribution in [-0.4, -0.2) is 26.8 Å². The number of nitro benzene ring substituents is 3. The van der Waals surface area contributed by atoms with Crippen LogP contribution in [0.5, 0.6) is 5.75 Å². The van der Waals surface area contributed by atoms with Gasteiger partial charge in [0.2, 0.25) is 0 Å². The molecule has 12 nitrogen and oxygen atoms in total. The molecular weight excluding hydrogens is 280 g/mol. The topological polar surface area (TPSA) is 212 Å². The standard InChI is InChI=1S/C6H3N3O7.C2H7N.H2O/c10-6-4(8(13)14)1-3(7(11)12)2-5(6)9(15)16;1-2-3;/h1-2,10H;2-3H2,1H3;1H2. The highest BCUT2D eigenvalue weighted by atomic mass is 16.6. The van der Waals surface area contributed by atoms with E-state index in [1.54, 1.807) is 0 Å². The number of hydrogen-bond acceptors (Lipinski definition) is 7. The highest BCUT2D eigenvalue weighted by molar-refractivity contribution is 5.63. The first-order chi connectivity index (χ1) is 8.76. The van der Waals surface area contributed by atoms with Gasteiger partial charge in [-0.15, -0.1) is 0 Å². The maximum Gasteiger partial charge on any atom is 0.283 e. The highest BCUT2D eigenvalue weighted by Crippen LogP contribution is 2.36. The third-order valence-corrected chi connectivity index (χ3v) is 1.64. The average Bonchev–Trinajstić information content (AvgIpc) is 2.29. The van der Waals surface area contributed by atoms with Gasteiger partial charge in [0.15, 0.2) is 0 Å². The maximum atomic E-state index is 11.1. The zero-order chi connectivity index (χ0) is 15.2. The van der Waals surface area contributed by atoms with Crippen molar-refractivity contribution < 1.29 is 31.1 Å². The molecule has 12 heteroatoms. The summed E-state index contributed by atoms with van der Waals surface area (Å²) in [6.07, 6.45) is 0. The number of rotatable bonds is 3. The summed E-state index contributed by atoms with van der Waals surface area (Å²) in [5.74, 6) is -1.46. The van der Waals surface area contributed by atoms with Crippen molar-refractivity contribution in [1.29, 1.82) is 0 Å². The molecule has 20 heavy (non-hydrogen) atoms. The molecule has 0 heterocycles. The Balaban J connectivity index is 0. The van der Waals surface area contributed by atoms with Crippen LogP contribution in [0, 0.1) is 30.3 Å². The van der Waals surface area contributed by atoms with Crippen molar-refractivity contribution in [3.05, 3.63) is 42.5 Å². The van der Waals surface area contributed by atoms with E-state index in [1.807, 2.05) is 6.92 Å². The van der Waals surface area contributed by atoms with E-state index in [0.717, 1.165) is 6.54 Å². The largest absolute Gasteiger partial charge is 0.863 e. The summed E-state index contributed by atoms with van der Waals surface area (Å²) >= 11 is 0. The minimum Gasteiger partial charge on any atom is -0.863 e. The molecule has 0 saturated heterocycles. The Morgan fingerprint density at radius 1 is 1.00 bits per heavy atom. The van der Waals surface area contributed by atoms with Crippen LogP contribution in [0.4, 0.5) is 17.1 Å². The molecule has 0 aromatic heterocycles. The number of hydrogen-bond donors (Lipinski definition) is 1. The normalized spacial score (nSPS) is 8.70. The average molecular weight is 292 g/mol. The molecule has 1 aromatic rings. The fraction of sp³-hybridized carbons (Fsp3) is 0.250. The van der Waals surface area contributed by atoms with Gasteiger partial charge in [-0.2, -0.15) is 0 Å². The van der Waals surface area contributed by atoms with Gasteiger partial charge in [0.05, 0.1) is 39.2 Å². The number of benzene rings is 1. The zero-order valence-electron chi connectivity index (χ0n) is 10.3. The number of non-ortho nitro benzene ring substituents is 1. The lowest BCUT2D eigenvalue weighted by Crippen LogP contribution is -2.48. The molecule has 0 aliphatic rings. The summed E-state index contributed by atoms with van der Waals surface area (Å²) in [7, 11) is 0. The third kappa shape index (κ3) is 4.79. The predicted molar refractivity (Wildman–Crippen MR) is 62.9 cm³/mol. The van der Waals surface area contributed by atoms with Crippen molar-refractivity contribution in [2.45, 2.75) is 6.92 Å². The maximum absolute atomic E-state index is 11.1. The van der Waals surface area contributed by atoms with Crippen LogP contribution in [0.15, 0.2) is 12.1 Å². The summed E-state index contributed by atoms with van der Waals surface area (Å²) in [5.41, 5.74) is 0.222. The van der Waals surface area contributed by atoms with Gasteiger partial charge in [-0.05, 0) is 6.92 Å². The Kier molecular flexibility index (Phi) is 8.06. The molecule has 0 saturated carbocycles. The van der Waals surface area contributed by atoms with Crippen molar-refractivity contribution in [2.24, 2.45) is 0 Å². The van der Waals surface area contributed by atoms with Crippen LogP contribution in [0.25, 0.3) is 0 Å². The third-order valence-electron chi connectivity index (χ3n) is 1.64. The van der Waals surface area contributed by atoms with Crippen molar-refractivity contribution in [3.63, 3.8) is 0 Å². The van der Waals surface area contributed by atoms with E-state index in [0.29, 0.717) is 12.1 Å². The van der Waals surface area contributed by atoms with Crippen LogP contribution in [-0.2, 0) is 0 Å². The molecule has 0 atom stereocenters. The molecule has 1 aromatic carbocycles. The fourth-order valence-electron chi connectivity index (χ4n) is 0.961. The summed E-state index contributed by atoms with van der Waals surface area (Å²) in [4.78, 5) is 27.5. The van der Waals surface area contributed by atoms with Gasteiger partial charge in [0.25, 0.3) is 17.1 Å². The SMILES string of the molecule is CC[NH3+].O.O=[N+]([O-])c1cc([N+](=O)[O-])c([O-])c([N+](=O)[O-])c1. The molecule has 0 radical (unpaired) electrons. The van der Waals surface area contributed by atoms with E-state index in [1.165, 1.54) is 0 Å². The first-order valence-electron chi connectivity index (χ1n) is 4.83. The summed E-state index contributed by atoms with van der Waals surface area (Å²) < 4.78 is 0. The molecule has 1 rings (SSSR count). The smallest absolute Gasteiger partial charge is 0.283 e. The van der Waals surface area contributed by atoms with Gasteiger partial charge in [-0.25, -0.2) is 0 Å². The summed E-state index contributed by atoms with van der Waals surface area (Å²) in [6, 6.07) is 0.769. The highest BCUT2D eigenvalue weighted by Gasteiger charge is 2.24. The van der Waals surface area contributed by atoms with E-state index < -0.39 is 37.6 Å². The van der Waals surface area contributed by atoms with Gasteiger partial charge >= 0.3 is 0 Å². The van der Waals surface area contributed by atoms with Crippen molar-refractivity contribution in [2.75, 3.05) is 6.54 Å². The van der Waals surface area contributed by atoms with Crippen LogP contribution >= 0.6 is 0 Å². The molecule has 0 aliphatic heterocycles. The number of nitrogens with zero attached hydrogens (tertiary/aromatic N) is 3. The van der Waals surface area contributed by atoms with E-state index >= 15 is 0 Å². The molecule has 0 fully saturated rings. The first-order valence-corrected chi connectivity index (χ1v) is 4.83. The molecular formula is C8H12N4O8. The second kappa shape index (κ2) is 8.28. The van der Waals surface area contributed by atoms with Crippen molar-refractivity contribution in [1.82, 2.24) is 0 Å². The van der Waals surface area contributed by atoms with E-state index in [-0.39, 0.29) is 5.48 Å². The monoisotopic (exact) mass is 292 g/mol. The number of quaternary nitrogens is 1. The minimum atomic E-state index is -1.46. The van der Waals surface area contributed by atoms with Gasteiger partial charge in [0, 0.05) is 0 Å². The molecule has 0 aliphatic carbocycles. The quantitative estimate of drug-likeness (QED) is 0.535. The first kappa shape index (κ1) is 19.5. The molecule has 0 spiro atoms. The zero-order valence-corrected chi connectivity index (χ0v) is 10.3. The second-order valence-corrected chi connectivity index (χ2v) is 3.08. The van der Waals surface area contributed by atoms with E-state index in [9.17, 15) is 35.4 Å². The van der Waals surface area contributed by atoms with Gasteiger partial charge in [-0.1, -0.05) is 0 Å². The summed E-state index contributed by atoms with van der Waals surface area (Å²) in [6.45, 7) is 3.01. The molecule has 112 valence electrons. The molecule has 0 bridgehead atoms. The molecule has 5 N–H and O–H groups in total. The number of nitro groups is 3. The van der Waals surface area contributed by atoms with Crippen molar-refractivity contribution in [3.8, 4) is 5.75 Å². The Morgan fingerprint density at radius 2 is 1.30 bits per heavy atom. The molecule has 0 amide bonds. The van der Waals surface area contributed by atoms with E-state index in [4.69, 9.17) is 0 Å². The lowest BCUT2D eigenvalue weighted by atomic mass is 10.2. The van der Waals surface area contributed by atoms with Gasteiger partial charge in [0.1, 0.15) is 0 Å². The van der Waals surface area contributed by atoms with Gasteiger partial charge < -0.3 is 16.3 Å². The molecule has 0 unspecified atom stereocenters. The fourth-order valence-corrected chi connectivity index (χ4v) is 0.961. The minimum absolute atomic E-state index is 0. The second-order valence-electron chi connectivity index (χ2n) is 3.08. The Bertz CT molecular complexity index is 482.